The normalized spacial score (nSPS) is 14.7. The van der Waals surface area contributed by atoms with Gasteiger partial charge in [0, 0.05) is 36.6 Å². The van der Waals surface area contributed by atoms with Crippen LogP contribution in [0.2, 0.25) is 0 Å². The van der Waals surface area contributed by atoms with Crippen LogP contribution in [0.25, 0.3) is 10.8 Å². The molecule has 0 spiro atoms. The summed E-state index contributed by atoms with van der Waals surface area (Å²) in [6.07, 6.45) is 1.54. The first-order valence-electron chi connectivity index (χ1n) is 13.0. The summed E-state index contributed by atoms with van der Waals surface area (Å²) >= 11 is 0. The maximum Gasteiger partial charge on any atom is 0.303 e. The molecule has 0 aromatic heterocycles. The van der Waals surface area contributed by atoms with Gasteiger partial charge < -0.3 is 20.5 Å². The van der Waals surface area contributed by atoms with Crippen molar-refractivity contribution in [1.82, 2.24) is 5.32 Å². The Bertz CT molecular complexity index is 1470. The summed E-state index contributed by atoms with van der Waals surface area (Å²) in [7, 11) is 0. The molecular formula is C32H32N2O4. The number of carbonyl (C=O) groups is 2. The standard InChI is InChI=1S/C32H32N2O4/c1-22-5-4-8-27(19-22)33-28-13-10-24(11-14-30(35)36)29(21-28)31(37)34-32(15-17-38-18-16-32)26-12-9-23-6-2-3-7-25(23)20-26/h2-10,12-13,19-21,33H,11,14-18H2,1H3,(H,34,37)(H,35,36). The van der Waals surface area contributed by atoms with Gasteiger partial charge in [-0.2, -0.15) is 0 Å². The van der Waals surface area contributed by atoms with E-state index in [1.165, 1.54) is 0 Å². The summed E-state index contributed by atoms with van der Waals surface area (Å²) in [5.41, 5.74) is 4.48. The summed E-state index contributed by atoms with van der Waals surface area (Å²) in [5.74, 6) is -1.11. The van der Waals surface area contributed by atoms with Crippen LogP contribution in [0.1, 0.15) is 46.3 Å². The van der Waals surface area contributed by atoms with Gasteiger partial charge in [0.2, 0.25) is 0 Å². The lowest BCUT2D eigenvalue weighted by atomic mass is 9.81. The SMILES string of the molecule is Cc1cccc(Nc2ccc(CCC(=O)O)c(C(=O)NC3(c4ccc5ccccc5c4)CCOCC3)c2)c1. The second-order valence-corrected chi connectivity index (χ2v) is 9.97. The zero-order valence-electron chi connectivity index (χ0n) is 21.5. The van der Waals surface area contributed by atoms with Crippen molar-refractivity contribution in [3.63, 3.8) is 0 Å². The average Bonchev–Trinajstić information content (AvgIpc) is 2.92. The summed E-state index contributed by atoms with van der Waals surface area (Å²) in [4.78, 5) is 25.3. The van der Waals surface area contributed by atoms with Gasteiger partial charge in [-0.3, -0.25) is 9.59 Å². The van der Waals surface area contributed by atoms with Crippen molar-refractivity contribution in [1.29, 1.82) is 0 Å². The number of aryl methyl sites for hydroxylation is 2. The van der Waals surface area contributed by atoms with Crippen molar-refractivity contribution in [2.24, 2.45) is 0 Å². The maximum atomic E-state index is 14.0. The van der Waals surface area contributed by atoms with E-state index in [1.807, 2.05) is 61.5 Å². The molecule has 6 nitrogen and oxygen atoms in total. The van der Waals surface area contributed by atoms with Gasteiger partial charge in [0.05, 0.1) is 5.54 Å². The number of fused-ring (bicyclic) bond motifs is 1. The van der Waals surface area contributed by atoms with Crippen LogP contribution in [0.15, 0.2) is 84.9 Å². The van der Waals surface area contributed by atoms with E-state index in [4.69, 9.17) is 4.74 Å². The molecule has 0 aliphatic carbocycles. The molecule has 0 saturated carbocycles. The minimum atomic E-state index is -0.893. The van der Waals surface area contributed by atoms with Crippen LogP contribution in [0.4, 0.5) is 11.4 Å². The molecule has 4 aromatic rings. The number of hydrogen-bond acceptors (Lipinski definition) is 4. The summed E-state index contributed by atoms with van der Waals surface area (Å²) in [6, 6.07) is 28.1. The van der Waals surface area contributed by atoms with Crippen LogP contribution in [-0.2, 0) is 21.5 Å². The number of hydrogen-bond donors (Lipinski definition) is 3. The molecule has 3 N–H and O–H groups in total. The minimum Gasteiger partial charge on any atom is -0.481 e. The Hall–Kier alpha value is -4.16. The molecule has 4 aromatic carbocycles. The maximum absolute atomic E-state index is 14.0. The van der Waals surface area contributed by atoms with E-state index in [-0.39, 0.29) is 18.7 Å². The molecule has 1 fully saturated rings. The largest absolute Gasteiger partial charge is 0.481 e. The first-order chi connectivity index (χ1) is 18.4. The number of rotatable bonds is 8. The highest BCUT2D eigenvalue weighted by Crippen LogP contribution is 2.35. The molecule has 1 saturated heterocycles. The van der Waals surface area contributed by atoms with Crippen molar-refractivity contribution in [3.8, 4) is 0 Å². The van der Waals surface area contributed by atoms with E-state index in [0.29, 0.717) is 37.2 Å². The lowest BCUT2D eigenvalue weighted by Crippen LogP contribution is -2.49. The fraction of sp³-hybridized carbons (Fsp3) is 0.250. The van der Waals surface area contributed by atoms with Gasteiger partial charge in [-0.1, -0.05) is 54.6 Å². The number of benzene rings is 4. The monoisotopic (exact) mass is 508 g/mol. The lowest BCUT2D eigenvalue weighted by Gasteiger charge is -2.39. The molecule has 1 heterocycles. The predicted molar refractivity (Wildman–Crippen MR) is 150 cm³/mol. The number of anilines is 2. The van der Waals surface area contributed by atoms with Gasteiger partial charge in [-0.05, 0) is 84.0 Å². The molecule has 1 amide bonds. The molecule has 38 heavy (non-hydrogen) atoms. The fourth-order valence-electron chi connectivity index (χ4n) is 5.19. The lowest BCUT2D eigenvalue weighted by molar-refractivity contribution is -0.136. The van der Waals surface area contributed by atoms with Crippen molar-refractivity contribution >= 4 is 34.0 Å². The van der Waals surface area contributed by atoms with Gasteiger partial charge in [-0.15, -0.1) is 0 Å². The molecule has 5 rings (SSSR count). The van der Waals surface area contributed by atoms with E-state index in [0.717, 1.165) is 33.3 Å². The van der Waals surface area contributed by atoms with E-state index in [1.54, 1.807) is 0 Å². The highest BCUT2D eigenvalue weighted by Gasteiger charge is 2.36. The Balaban J connectivity index is 1.49. The van der Waals surface area contributed by atoms with Gasteiger partial charge in [0.1, 0.15) is 0 Å². The first-order valence-corrected chi connectivity index (χ1v) is 13.0. The zero-order valence-corrected chi connectivity index (χ0v) is 21.5. The molecule has 0 atom stereocenters. The molecule has 0 bridgehead atoms. The highest BCUT2D eigenvalue weighted by atomic mass is 16.5. The molecule has 1 aliphatic heterocycles. The van der Waals surface area contributed by atoms with E-state index < -0.39 is 11.5 Å². The minimum absolute atomic E-state index is 0.0470. The third-order valence-electron chi connectivity index (χ3n) is 7.27. The third kappa shape index (κ3) is 5.71. The summed E-state index contributed by atoms with van der Waals surface area (Å²) in [6.45, 7) is 3.13. The highest BCUT2D eigenvalue weighted by molar-refractivity contribution is 5.97. The smallest absolute Gasteiger partial charge is 0.303 e. The predicted octanol–water partition coefficient (Wildman–Crippen LogP) is 6.34. The Morgan fingerprint density at radius 1 is 0.868 bits per heavy atom. The summed E-state index contributed by atoms with van der Waals surface area (Å²) in [5, 5.41) is 18.3. The van der Waals surface area contributed by atoms with Crippen LogP contribution in [0.5, 0.6) is 0 Å². The van der Waals surface area contributed by atoms with Crippen LogP contribution in [0.3, 0.4) is 0 Å². The Morgan fingerprint density at radius 2 is 1.63 bits per heavy atom. The van der Waals surface area contributed by atoms with Crippen LogP contribution >= 0.6 is 0 Å². The van der Waals surface area contributed by atoms with Gasteiger partial charge in [0.25, 0.3) is 5.91 Å². The van der Waals surface area contributed by atoms with E-state index in [2.05, 4.69) is 41.0 Å². The van der Waals surface area contributed by atoms with Gasteiger partial charge in [-0.25, -0.2) is 0 Å². The van der Waals surface area contributed by atoms with Crippen LogP contribution in [-0.4, -0.2) is 30.2 Å². The van der Waals surface area contributed by atoms with Crippen LogP contribution < -0.4 is 10.6 Å². The van der Waals surface area contributed by atoms with Gasteiger partial charge >= 0.3 is 5.97 Å². The number of carboxylic acids is 1. The van der Waals surface area contributed by atoms with Gasteiger partial charge in [0.15, 0.2) is 0 Å². The molecule has 194 valence electrons. The number of nitrogens with one attached hydrogen (secondary N) is 2. The topological polar surface area (TPSA) is 87.7 Å². The Labute approximate surface area is 222 Å². The van der Waals surface area contributed by atoms with Crippen molar-refractivity contribution in [2.75, 3.05) is 18.5 Å². The Morgan fingerprint density at radius 3 is 2.39 bits per heavy atom. The number of ether oxygens (including phenoxy) is 1. The first kappa shape index (κ1) is 25.5. The number of carbonyl (C=O) groups excluding carboxylic acids is 1. The number of aliphatic carboxylic acids is 1. The van der Waals surface area contributed by atoms with Crippen molar-refractivity contribution in [3.05, 3.63) is 107 Å². The van der Waals surface area contributed by atoms with Crippen LogP contribution in [0, 0.1) is 6.92 Å². The van der Waals surface area contributed by atoms with E-state index >= 15 is 0 Å². The second-order valence-electron chi connectivity index (χ2n) is 9.97. The average molecular weight is 509 g/mol. The van der Waals surface area contributed by atoms with Crippen molar-refractivity contribution in [2.45, 2.75) is 38.1 Å². The third-order valence-corrected chi connectivity index (χ3v) is 7.27. The number of carboxylic acid groups (broad SMARTS) is 1. The zero-order chi connectivity index (χ0) is 26.5. The Kier molecular flexibility index (Phi) is 7.43. The fourth-order valence-corrected chi connectivity index (χ4v) is 5.19. The van der Waals surface area contributed by atoms with E-state index in [9.17, 15) is 14.7 Å². The summed E-state index contributed by atoms with van der Waals surface area (Å²) < 4.78 is 5.68. The molecule has 0 radical (unpaired) electrons. The second kappa shape index (κ2) is 11.1. The molecule has 1 aliphatic rings. The molecular weight excluding hydrogens is 476 g/mol. The number of amides is 1. The quantitative estimate of drug-likeness (QED) is 0.258. The van der Waals surface area contributed by atoms with Crippen molar-refractivity contribution < 1.29 is 19.4 Å². The molecule has 0 unspecified atom stereocenters. The molecule has 6 heteroatoms.